The van der Waals surface area contributed by atoms with E-state index in [0.717, 1.165) is 0 Å². The van der Waals surface area contributed by atoms with Crippen LogP contribution in [0.3, 0.4) is 0 Å². The van der Waals surface area contributed by atoms with Crippen LogP contribution in [0.2, 0.25) is 0 Å². The molecule has 1 unspecified atom stereocenters. The van der Waals surface area contributed by atoms with Gasteiger partial charge in [-0.05, 0) is 62.6 Å². The number of sulfone groups is 1. The van der Waals surface area contributed by atoms with Gasteiger partial charge in [-0.3, -0.25) is 14.8 Å². The van der Waals surface area contributed by atoms with E-state index in [-0.39, 0.29) is 41.9 Å². The minimum Gasteiger partial charge on any atom is -0.497 e. The van der Waals surface area contributed by atoms with E-state index in [1.807, 2.05) is 0 Å². The molecule has 0 bridgehead atoms. The van der Waals surface area contributed by atoms with Crippen LogP contribution in [0.1, 0.15) is 47.7 Å². The van der Waals surface area contributed by atoms with Gasteiger partial charge in [-0.2, -0.15) is 0 Å². The molecule has 1 amide bonds. The lowest BCUT2D eigenvalue weighted by molar-refractivity contribution is -0.143. The molecule has 2 aromatic rings. The minimum absolute atomic E-state index is 0.0433. The Balaban J connectivity index is 2.65. The largest absolute Gasteiger partial charge is 0.497 e. The van der Waals surface area contributed by atoms with Crippen molar-refractivity contribution < 1.29 is 32.7 Å². The van der Waals surface area contributed by atoms with Gasteiger partial charge in [0.1, 0.15) is 10.6 Å². The second-order valence-electron chi connectivity index (χ2n) is 7.17. The first kappa shape index (κ1) is 25.3. The smallest absolute Gasteiger partial charge is 0.305 e. The summed E-state index contributed by atoms with van der Waals surface area (Å²) in [5.41, 5.74) is 8.57. The Morgan fingerprint density at radius 2 is 1.81 bits per heavy atom. The predicted octanol–water partition coefficient (Wildman–Crippen LogP) is 2.44. The maximum Gasteiger partial charge on any atom is 0.305 e. The van der Waals surface area contributed by atoms with Gasteiger partial charge >= 0.3 is 5.97 Å². The zero-order valence-electron chi connectivity index (χ0n) is 18.3. The molecule has 0 heterocycles. The second kappa shape index (κ2) is 10.6. The van der Waals surface area contributed by atoms with Crippen molar-refractivity contribution in [2.75, 3.05) is 13.7 Å². The molecule has 0 fully saturated rings. The van der Waals surface area contributed by atoms with Gasteiger partial charge in [0.15, 0.2) is 0 Å². The summed E-state index contributed by atoms with van der Waals surface area (Å²) in [4.78, 5) is 22.0. The van der Waals surface area contributed by atoms with Gasteiger partial charge in [0, 0.05) is 17.5 Å². The van der Waals surface area contributed by atoms with Crippen molar-refractivity contribution in [3.8, 4) is 5.75 Å². The van der Waals surface area contributed by atoms with E-state index in [2.05, 4.69) is 0 Å². The van der Waals surface area contributed by atoms with E-state index >= 15 is 0 Å². The molecule has 2 rings (SSSR count). The van der Waals surface area contributed by atoms with Gasteiger partial charge in [-0.1, -0.05) is 12.1 Å². The molecule has 10 heteroatoms. The topological polar surface area (TPSA) is 145 Å². The van der Waals surface area contributed by atoms with Gasteiger partial charge in [-0.25, -0.2) is 13.9 Å². The Labute approximate surface area is 187 Å². The molecule has 0 saturated heterocycles. The first-order valence-corrected chi connectivity index (χ1v) is 11.5. The van der Waals surface area contributed by atoms with Crippen molar-refractivity contribution in [2.45, 2.75) is 42.9 Å². The fourth-order valence-corrected chi connectivity index (χ4v) is 5.43. The monoisotopic (exact) mass is 464 g/mol. The fourth-order valence-electron chi connectivity index (χ4n) is 3.57. The van der Waals surface area contributed by atoms with Crippen molar-refractivity contribution in [3.05, 3.63) is 59.2 Å². The third-order valence-electron chi connectivity index (χ3n) is 5.13. The molecule has 2 aromatic carbocycles. The molecular formula is C22H28N2O7S. The van der Waals surface area contributed by atoms with Gasteiger partial charge < -0.3 is 15.2 Å². The van der Waals surface area contributed by atoms with Crippen LogP contribution in [0.15, 0.2) is 47.4 Å². The summed E-state index contributed by atoms with van der Waals surface area (Å²) < 4.78 is 37.6. The maximum atomic E-state index is 13.8. The lowest BCUT2D eigenvalue weighted by Gasteiger charge is -2.33. The van der Waals surface area contributed by atoms with E-state index in [9.17, 15) is 23.2 Å². The number of esters is 1. The summed E-state index contributed by atoms with van der Waals surface area (Å²) >= 11 is 0. The lowest BCUT2D eigenvalue weighted by Crippen LogP contribution is -2.47. The first-order valence-electron chi connectivity index (χ1n) is 10.00. The molecule has 4 N–H and O–H groups in total. The van der Waals surface area contributed by atoms with Crippen LogP contribution in [0.25, 0.3) is 0 Å². The minimum atomic E-state index is -4.27. The van der Waals surface area contributed by atoms with Crippen molar-refractivity contribution in [3.63, 3.8) is 0 Å². The molecule has 0 aliphatic heterocycles. The predicted molar refractivity (Wildman–Crippen MR) is 117 cm³/mol. The number of carbonyl (C=O) groups excluding carboxylic acids is 2. The molecule has 0 aliphatic carbocycles. The lowest BCUT2D eigenvalue weighted by atomic mass is 9.91. The molecule has 0 aromatic heterocycles. The van der Waals surface area contributed by atoms with Crippen molar-refractivity contribution in [2.24, 2.45) is 5.73 Å². The highest BCUT2D eigenvalue weighted by atomic mass is 32.2. The number of nitrogens with one attached hydrogen (secondary N) is 1. The van der Waals surface area contributed by atoms with Crippen LogP contribution in [0.5, 0.6) is 5.75 Å². The summed E-state index contributed by atoms with van der Waals surface area (Å²) in [6.07, 6.45) is -0.117. The number of ether oxygens (including phenoxy) is 2. The Bertz CT molecular complexity index is 1070. The van der Waals surface area contributed by atoms with E-state index in [1.54, 1.807) is 26.0 Å². The van der Waals surface area contributed by atoms with Crippen molar-refractivity contribution in [1.82, 2.24) is 5.48 Å². The summed E-state index contributed by atoms with van der Waals surface area (Å²) in [7, 11) is -2.81. The van der Waals surface area contributed by atoms with Crippen molar-refractivity contribution in [1.29, 1.82) is 0 Å². The number of nitrogens with two attached hydrogens (primary N) is 1. The zero-order chi connectivity index (χ0) is 23.9. The van der Waals surface area contributed by atoms with Crippen molar-refractivity contribution >= 4 is 21.7 Å². The molecule has 0 radical (unpaired) electrons. The van der Waals surface area contributed by atoms with Crippen LogP contribution in [-0.4, -0.2) is 39.2 Å². The first-order chi connectivity index (χ1) is 15.1. The van der Waals surface area contributed by atoms with Gasteiger partial charge in [0.2, 0.25) is 9.84 Å². The highest BCUT2D eigenvalue weighted by molar-refractivity contribution is 7.92. The zero-order valence-corrected chi connectivity index (χ0v) is 19.1. The third-order valence-corrected chi connectivity index (χ3v) is 7.39. The Kier molecular flexibility index (Phi) is 8.37. The van der Waals surface area contributed by atoms with E-state index in [1.165, 1.54) is 42.9 Å². The highest BCUT2D eigenvalue weighted by Crippen LogP contribution is 2.39. The van der Waals surface area contributed by atoms with Crippen LogP contribution < -0.4 is 16.0 Å². The van der Waals surface area contributed by atoms with Gasteiger partial charge in [-0.15, -0.1) is 0 Å². The normalized spacial score (nSPS) is 13.2. The molecule has 0 saturated carbocycles. The molecule has 174 valence electrons. The highest BCUT2D eigenvalue weighted by Gasteiger charge is 2.45. The summed E-state index contributed by atoms with van der Waals surface area (Å²) in [5.74, 6) is -0.909. The third kappa shape index (κ3) is 5.09. The quantitative estimate of drug-likeness (QED) is 0.276. The molecule has 1 atom stereocenters. The number of carbonyl (C=O) groups is 2. The van der Waals surface area contributed by atoms with Crippen LogP contribution >= 0.6 is 0 Å². The second-order valence-corrected chi connectivity index (χ2v) is 9.37. The Hall–Kier alpha value is -2.95. The molecule has 32 heavy (non-hydrogen) atoms. The maximum absolute atomic E-state index is 13.8. The summed E-state index contributed by atoms with van der Waals surface area (Å²) in [6.45, 7) is 3.50. The number of hydrogen-bond acceptors (Lipinski definition) is 8. The Morgan fingerprint density at radius 1 is 1.16 bits per heavy atom. The fraction of sp³-hybridized carbons (Fsp3) is 0.364. The molecule has 0 spiro atoms. The van der Waals surface area contributed by atoms with Crippen LogP contribution in [0, 0.1) is 6.92 Å². The number of benzene rings is 2. The summed E-state index contributed by atoms with van der Waals surface area (Å²) in [6, 6.07) is 10.3. The SMILES string of the molecule is CCOC(=O)CCCC(N)(c1c(C)cccc1C(=O)NO)S(=O)(=O)c1ccc(OC)cc1. The average molecular weight is 465 g/mol. The molecule has 9 nitrogen and oxygen atoms in total. The number of rotatable bonds is 10. The number of aryl methyl sites for hydroxylation is 1. The van der Waals surface area contributed by atoms with E-state index < -0.39 is 26.6 Å². The van der Waals surface area contributed by atoms with Gasteiger partial charge in [0.25, 0.3) is 5.91 Å². The number of hydroxylamine groups is 1. The number of methoxy groups -OCH3 is 1. The van der Waals surface area contributed by atoms with E-state index in [4.69, 9.17) is 15.2 Å². The number of hydrogen-bond donors (Lipinski definition) is 3. The standard InChI is InChI=1S/C22H28N2O7S/c1-4-31-19(25)9-6-14-22(23,20-15(2)7-5-8-18(20)21(26)24-27)32(28,29)17-12-10-16(30-3)11-13-17/h5,7-8,10-13,27H,4,6,9,14,23H2,1-3H3,(H,24,26). The number of amides is 1. The summed E-state index contributed by atoms with van der Waals surface area (Å²) in [5, 5.41) is 9.19. The van der Waals surface area contributed by atoms with E-state index in [0.29, 0.717) is 11.3 Å². The van der Waals surface area contributed by atoms with Gasteiger partial charge in [0.05, 0.1) is 18.6 Å². The molecule has 0 aliphatic rings. The Morgan fingerprint density at radius 3 is 2.38 bits per heavy atom. The average Bonchev–Trinajstić information content (AvgIpc) is 2.78. The van der Waals surface area contributed by atoms with Crippen LogP contribution in [0.4, 0.5) is 0 Å². The van der Waals surface area contributed by atoms with Crippen LogP contribution in [-0.2, 0) is 24.2 Å². The molecular weight excluding hydrogens is 436 g/mol.